The van der Waals surface area contributed by atoms with Crippen LogP contribution >= 0.6 is 15.9 Å². The van der Waals surface area contributed by atoms with Crippen LogP contribution in [0, 0.1) is 0 Å². The lowest BCUT2D eigenvalue weighted by atomic mass is 10.1. The fourth-order valence-electron chi connectivity index (χ4n) is 1.87. The van der Waals surface area contributed by atoms with Crippen LogP contribution < -0.4 is 4.90 Å². The summed E-state index contributed by atoms with van der Waals surface area (Å²) in [5.74, 6) is 0. The first-order valence-corrected chi connectivity index (χ1v) is 6.49. The first-order chi connectivity index (χ1) is 8.70. The standard InChI is InChI=1S/C14H15BrN2O/c1-17(9-11-4-6-16-7-5-11)14-8-13(15)3-2-12(14)10-18/h2-8,18H,9-10H2,1H3. The smallest absolute Gasteiger partial charge is 0.0702 e. The van der Waals surface area contributed by atoms with Crippen LogP contribution in [0.1, 0.15) is 11.1 Å². The van der Waals surface area contributed by atoms with Crippen molar-refractivity contribution in [1.29, 1.82) is 0 Å². The minimum absolute atomic E-state index is 0.0449. The summed E-state index contributed by atoms with van der Waals surface area (Å²) in [5.41, 5.74) is 3.15. The average Bonchev–Trinajstić information content (AvgIpc) is 2.40. The Kier molecular flexibility index (Phi) is 4.33. The molecule has 0 aliphatic heterocycles. The third-order valence-corrected chi connectivity index (χ3v) is 3.29. The Morgan fingerprint density at radius 1 is 1.22 bits per heavy atom. The lowest BCUT2D eigenvalue weighted by Gasteiger charge is -2.22. The van der Waals surface area contributed by atoms with Crippen molar-refractivity contribution in [2.24, 2.45) is 0 Å². The highest BCUT2D eigenvalue weighted by Gasteiger charge is 2.08. The Morgan fingerprint density at radius 2 is 1.94 bits per heavy atom. The molecule has 2 rings (SSSR count). The molecule has 0 saturated heterocycles. The normalized spacial score (nSPS) is 10.4. The molecule has 18 heavy (non-hydrogen) atoms. The molecular formula is C14H15BrN2O. The average molecular weight is 307 g/mol. The number of benzene rings is 1. The van der Waals surface area contributed by atoms with Gasteiger partial charge < -0.3 is 10.0 Å². The maximum atomic E-state index is 9.37. The maximum Gasteiger partial charge on any atom is 0.0702 e. The predicted molar refractivity (Wildman–Crippen MR) is 76.4 cm³/mol. The molecule has 1 N–H and O–H groups in total. The fraction of sp³-hybridized carbons (Fsp3) is 0.214. The lowest BCUT2D eigenvalue weighted by Crippen LogP contribution is -2.18. The maximum absolute atomic E-state index is 9.37. The first kappa shape index (κ1) is 13.1. The third-order valence-electron chi connectivity index (χ3n) is 2.80. The second-order valence-electron chi connectivity index (χ2n) is 4.14. The number of nitrogens with zero attached hydrogens (tertiary/aromatic N) is 2. The Morgan fingerprint density at radius 3 is 2.61 bits per heavy atom. The number of halogens is 1. The van der Waals surface area contributed by atoms with Crippen molar-refractivity contribution >= 4 is 21.6 Å². The van der Waals surface area contributed by atoms with Gasteiger partial charge in [-0.25, -0.2) is 0 Å². The molecule has 1 aromatic carbocycles. The molecular weight excluding hydrogens is 292 g/mol. The van der Waals surface area contributed by atoms with E-state index in [2.05, 4.69) is 25.8 Å². The second kappa shape index (κ2) is 5.98. The van der Waals surface area contributed by atoms with E-state index < -0.39 is 0 Å². The summed E-state index contributed by atoms with van der Waals surface area (Å²) in [6.45, 7) is 0.829. The fourth-order valence-corrected chi connectivity index (χ4v) is 2.22. The highest BCUT2D eigenvalue weighted by atomic mass is 79.9. The van der Waals surface area contributed by atoms with E-state index >= 15 is 0 Å². The van der Waals surface area contributed by atoms with Gasteiger partial charge in [0.25, 0.3) is 0 Å². The summed E-state index contributed by atoms with van der Waals surface area (Å²) in [5, 5.41) is 9.37. The summed E-state index contributed by atoms with van der Waals surface area (Å²) >= 11 is 3.46. The molecule has 1 heterocycles. The van der Waals surface area contributed by atoms with Crippen LogP contribution in [0.4, 0.5) is 5.69 Å². The monoisotopic (exact) mass is 306 g/mol. The van der Waals surface area contributed by atoms with Crippen LogP contribution in [0.2, 0.25) is 0 Å². The van der Waals surface area contributed by atoms with Crippen molar-refractivity contribution < 1.29 is 5.11 Å². The van der Waals surface area contributed by atoms with E-state index in [1.165, 1.54) is 5.56 Å². The highest BCUT2D eigenvalue weighted by Crippen LogP contribution is 2.25. The molecule has 4 heteroatoms. The van der Waals surface area contributed by atoms with Crippen molar-refractivity contribution in [1.82, 2.24) is 4.98 Å². The van der Waals surface area contributed by atoms with E-state index in [4.69, 9.17) is 0 Å². The molecule has 0 bridgehead atoms. The molecule has 94 valence electrons. The Labute approximate surface area is 115 Å². The van der Waals surface area contributed by atoms with Gasteiger partial charge in [-0.05, 0) is 29.8 Å². The quantitative estimate of drug-likeness (QED) is 0.943. The van der Waals surface area contributed by atoms with Gasteiger partial charge in [-0.15, -0.1) is 0 Å². The largest absolute Gasteiger partial charge is 0.392 e. The summed E-state index contributed by atoms with van der Waals surface area (Å²) in [6, 6.07) is 9.88. The first-order valence-electron chi connectivity index (χ1n) is 5.70. The van der Waals surface area contributed by atoms with Crippen LogP contribution in [-0.4, -0.2) is 17.1 Å². The third kappa shape index (κ3) is 3.09. The van der Waals surface area contributed by atoms with Gasteiger partial charge in [-0.2, -0.15) is 0 Å². The van der Waals surface area contributed by atoms with Gasteiger partial charge in [0.15, 0.2) is 0 Å². The molecule has 0 aliphatic rings. The van der Waals surface area contributed by atoms with Gasteiger partial charge in [-0.3, -0.25) is 4.98 Å². The summed E-state index contributed by atoms with van der Waals surface area (Å²) in [6.07, 6.45) is 3.58. The van der Waals surface area contributed by atoms with Gasteiger partial charge in [-0.1, -0.05) is 22.0 Å². The van der Waals surface area contributed by atoms with Gasteiger partial charge in [0.2, 0.25) is 0 Å². The zero-order chi connectivity index (χ0) is 13.0. The Bertz CT molecular complexity index is 516. The zero-order valence-electron chi connectivity index (χ0n) is 10.2. The number of hydrogen-bond acceptors (Lipinski definition) is 3. The molecule has 2 aromatic rings. The number of pyridine rings is 1. The van der Waals surface area contributed by atoms with Crippen LogP contribution in [-0.2, 0) is 13.2 Å². The van der Waals surface area contributed by atoms with Crippen LogP contribution in [0.25, 0.3) is 0 Å². The number of anilines is 1. The molecule has 0 atom stereocenters. The zero-order valence-corrected chi connectivity index (χ0v) is 11.8. The van der Waals surface area contributed by atoms with E-state index in [0.29, 0.717) is 0 Å². The van der Waals surface area contributed by atoms with Gasteiger partial charge in [0.1, 0.15) is 0 Å². The molecule has 0 saturated carbocycles. The number of aromatic nitrogens is 1. The summed E-state index contributed by atoms with van der Waals surface area (Å²) in [4.78, 5) is 6.12. The predicted octanol–water partition coefficient (Wildman–Crippen LogP) is 2.97. The molecule has 0 spiro atoms. The van der Waals surface area contributed by atoms with Crippen molar-refractivity contribution in [3.63, 3.8) is 0 Å². The number of aliphatic hydroxyl groups is 1. The molecule has 1 aromatic heterocycles. The molecule has 0 aliphatic carbocycles. The van der Waals surface area contributed by atoms with E-state index in [1.54, 1.807) is 12.4 Å². The molecule has 0 radical (unpaired) electrons. The minimum Gasteiger partial charge on any atom is -0.392 e. The minimum atomic E-state index is 0.0449. The van der Waals surface area contributed by atoms with E-state index in [-0.39, 0.29) is 6.61 Å². The van der Waals surface area contributed by atoms with Crippen molar-refractivity contribution in [3.8, 4) is 0 Å². The topological polar surface area (TPSA) is 36.4 Å². The van der Waals surface area contributed by atoms with Crippen molar-refractivity contribution in [2.45, 2.75) is 13.2 Å². The molecule has 0 fully saturated rings. The summed E-state index contributed by atoms with van der Waals surface area (Å²) in [7, 11) is 2.02. The number of hydrogen-bond donors (Lipinski definition) is 1. The van der Waals surface area contributed by atoms with Crippen molar-refractivity contribution in [2.75, 3.05) is 11.9 Å². The Balaban J connectivity index is 2.23. The lowest BCUT2D eigenvalue weighted by molar-refractivity contribution is 0.282. The van der Waals surface area contributed by atoms with Crippen LogP contribution in [0.5, 0.6) is 0 Å². The second-order valence-corrected chi connectivity index (χ2v) is 5.06. The van der Waals surface area contributed by atoms with E-state index in [1.807, 2.05) is 37.4 Å². The van der Waals surface area contributed by atoms with Crippen LogP contribution in [0.3, 0.4) is 0 Å². The molecule has 0 unspecified atom stereocenters. The van der Waals surface area contributed by atoms with Crippen LogP contribution in [0.15, 0.2) is 47.2 Å². The van der Waals surface area contributed by atoms with Gasteiger partial charge in [0, 0.05) is 41.7 Å². The summed E-state index contributed by atoms with van der Waals surface area (Å²) < 4.78 is 1.01. The number of rotatable bonds is 4. The Hall–Kier alpha value is -1.39. The highest BCUT2D eigenvalue weighted by molar-refractivity contribution is 9.10. The molecule has 3 nitrogen and oxygen atoms in total. The van der Waals surface area contributed by atoms with E-state index in [9.17, 15) is 5.11 Å². The van der Waals surface area contributed by atoms with Gasteiger partial charge >= 0.3 is 0 Å². The van der Waals surface area contributed by atoms with Gasteiger partial charge in [0.05, 0.1) is 6.61 Å². The number of aliphatic hydroxyl groups excluding tert-OH is 1. The van der Waals surface area contributed by atoms with E-state index in [0.717, 1.165) is 22.3 Å². The molecule has 0 amide bonds. The van der Waals surface area contributed by atoms with Crippen molar-refractivity contribution in [3.05, 3.63) is 58.3 Å². The SMILES string of the molecule is CN(Cc1ccncc1)c1cc(Br)ccc1CO.